The number of nitrogens with zero attached hydrogens (tertiary/aromatic N) is 4. The lowest BCUT2D eigenvalue weighted by atomic mass is 9.80. The average molecular weight is 982 g/mol. The van der Waals surface area contributed by atoms with Gasteiger partial charge in [0, 0.05) is 21.9 Å². The number of para-hydroxylation sites is 2. The molecule has 0 spiro atoms. The molecule has 348 valence electrons. The molecule has 11 aromatic carbocycles. The monoisotopic (exact) mass is 980 g/mol. The molecule has 13 rings (SSSR count). The van der Waals surface area contributed by atoms with E-state index in [0.29, 0.717) is 10.6 Å². The number of hydrogen-bond donors (Lipinski definition) is 2. The molecule has 0 radical (unpaired) electrons. The average Bonchev–Trinajstić information content (AvgIpc) is 3.45. The van der Waals surface area contributed by atoms with Crippen molar-refractivity contribution in [3.05, 3.63) is 259 Å². The van der Waals surface area contributed by atoms with Crippen molar-refractivity contribution in [2.75, 3.05) is 0 Å². The van der Waals surface area contributed by atoms with E-state index in [4.69, 9.17) is 43.2 Å². The minimum absolute atomic E-state index is 0.179. The third kappa shape index (κ3) is 10.4. The largest absolute Gasteiger partial charge is 0.488 e. The second kappa shape index (κ2) is 21.0. The number of rotatable bonds is 6. The van der Waals surface area contributed by atoms with Gasteiger partial charge in [0.15, 0.2) is 5.82 Å². The van der Waals surface area contributed by atoms with Crippen molar-refractivity contribution in [2.45, 2.75) is 0 Å². The van der Waals surface area contributed by atoms with E-state index < -0.39 is 7.12 Å². The molecule has 0 saturated heterocycles. The highest BCUT2D eigenvalue weighted by Crippen LogP contribution is 2.33. The summed E-state index contributed by atoms with van der Waals surface area (Å²) in [7, 11) is -1.41. The summed E-state index contributed by atoms with van der Waals surface area (Å²) in [6, 6.07) is 85.0. The fourth-order valence-corrected chi connectivity index (χ4v) is 9.48. The molecule has 0 aliphatic carbocycles. The lowest BCUT2D eigenvalue weighted by Crippen LogP contribution is -2.29. The predicted octanol–water partition coefficient (Wildman–Crippen LogP) is 15.7. The maximum absolute atomic E-state index is 9.08. The second-order valence-electron chi connectivity index (χ2n) is 17.5. The van der Waals surface area contributed by atoms with Crippen LogP contribution >= 0.6 is 23.2 Å². The first-order valence-corrected chi connectivity index (χ1v) is 24.5. The number of fused-ring (bicyclic) bond motifs is 5. The highest BCUT2D eigenvalue weighted by atomic mass is 35.5. The van der Waals surface area contributed by atoms with E-state index in [0.717, 1.165) is 55.6 Å². The van der Waals surface area contributed by atoms with Gasteiger partial charge in [0.05, 0.1) is 16.7 Å². The topological polar surface area (TPSA) is 92.0 Å². The van der Waals surface area contributed by atoms with Crippen molar-refractivity contribution in [3.63, 3.8) is 0 Å². The van der Waals surface area contributed by atoms with E-state index in [1.54, 1.807) is 12.1 Å². The summed E-state index contributed by atoms with van der Waals surface area (Å²) >= 11 is 11.4. The number of benzene rings is 11. The summed E-state index contributed by atoms with van der Waals surface area (Å²) in [6.07, 6.45) is 0. The van der Waals surface area contributed by atoms with E-state index >= 15 is 0 Å². The van der Waals surface area contributed by atoms with Crippen molar-refractivity contribution < 1.29 is 10.0 Å². The van der Waals surface area contributed by atoms with Crippen LogP contribution in [-0.2, 0) is 0 Å². The molecule has 9 heteroatoms. The van der Waals surface area contributed by atoms with Gasteiger partial charge in [0.25, 0.3) is 0 Å². The minimum Gasteiger partial charge on any atom is -0.423 e. The van der Waals surface area contributed by atoms with Gasteiger partial charge in [-0.15, -0.1) is 0 Å². The molecule has 13 aromatic rings. The summed E-state index contributed by atoms with van der Waals surface area (Å²) in [5, 5.41) is 28.0. The first-order valence-electron chi connectivity index (χ1n) is 23.8. The molecule has 0 amide bonds. The molecule has 0 unspecified atom stereocenters. The second-order valence-corrected chi connectivity index (χ2v) is 18.2. The highest BCUT2D eigenvalue weighted by molar-refractivity contribution is 6.58. The Morgan fingerprint density at radius 2 is 0.671 bits per heavy atom. The van der Waals surface area contributed by atoms with Crippen molar-refractivity contribution in [2.24, 2.45) is 0 Å². The molecule has 2 N–H and O–H groups in total. The van der Waals surface area contributed by atoms with Gasteiger partial charge in [-0.2, -0.15) is 0 Å². The molecular formula is C64H43BCl2N4O2. The van der Waals surface area contributed by atoms with Crippen LogP contribution in [-0.4, -0.2) is 37.1 Å². The van der Waals surface area contributed by atoms with Crippen molar-refractivity contribution in [1.29, 1.82) is 0 Å². The minimum atomic E-state index is -1.41. The smallest absolute Gasteiger partial charge is 0.423 e. The Balaban J connectivity index is 0.000000151. The summed E-state index contributed by atoms with van der Waals surface area (Å²) in [5.41, 5.74) is 12.2. The molecule has 0 aliphatic heterocycles. The van der Waals surface area contributed by atoms with Crippen LogP contribution in [0.4, 0.5) is 0 Å². The molecule has 0 bridgehead atoms. The van der Waals surface area contributed by atoms with E-state index in [1.165, 1.54) is 54.6 Å². The van der Waals surface area contributed by atoms with E-state index in [9.17, 15) is 0 Å². The molecule has 2 aromatic heterocycles. The van der Waals surface area contributed by atoms with Crippen LogP contribution in [0.1, 0.15) is 0 Å². The van der Waals surface area contributed by atoms with Crippen LogP contribution in [0.5, 0.6) is 0 Å². The Morgan fingerprint density at radius 1 is 0.301 bits per heavy atom. The summed E-state index contributed by atoms with van der Waals surface area (Å²) in [4.78, 5) is 17.9. The molecule has 0 aliphatic rings. The third-order valence-electron chi connectivity index (χ3n) is 12.9. The van der Waals surface area contributed by atoms with Gasteiger partial charge in [-0.3, -0.25) is 0 Å². The summed E-state index contributed by atoms with van der Waals surface area (Å²) < 4.78 is 0. The van der Waals surface area contributed by atoms with E-state index in [-0.39, 0.29) is 5.28 Å². The molecule has 73 heavy (non-hydrogen) atoms. The van der Waals surface area contributed by atoms with Gasteiger partial charge in [0.1, 0.15) is 5.15 Å². The van der Waals surface area contributed by atoms with Gasteiger partial charge < -0.3 is 10.0 Å². The SMILES string of the molecule is Clc1nc(Cl)c2ccccc2n1.OB(O)c1ccc(-c2ccc3ccccc3c2)cc1.c1ccc2cc(-c3ccc(-c4nc(-c5ccc(-c6ccc7ccccc7c6)cc5)c5ccccc5n4)cc3)ccc2c1. The lowest BCUT2D eigenvalue weighted by molar-refractivity contribution is 0.426. The van der Waals surface area contributed by atoms with Gasteiger partial charge in [0.2, 0.25) is 5.28 Å². The first-order chi connectivity index (χ1) is 35.8. The lowest BCUT2D eigenvalue weighted by Gasteiger charge is -2.11. The Hall–Kier alpha value is -8.56. The van der Waals surface area contributed by atoms with Gasteiger partial charge in [-0.05, 0) is 119 Å². The Kier molecular flexibility index (Phi) is 13.5. The fourth-order valence-electron chi connectivity index (χ4n) is 9.02. The Labute approximate surface area is 432 Å². The van der Waals surface area contributed by atoms with Crippen LogP contribution in [0, 0.1) is 0 Å². The van der Waals surface area contributed by atoms with Crippen LogP contribution in [0.15, 0.2) is 249 Å². The van der Waals surface area contributed by atoms with Crippen molar-refractivity contribution in [3.8, 4) is 56.0 Å². The van der Waals surface area contributed by atoms with Crippen molar-refractivity contribution in [1.82, 2.24) is 19.9 Å². The van der Waals surface area contributed by atoms with Crippen LogP contribution in [0.2, 0.25) is 10.4 Å². The molecule has 0 atom stereocenters. The zero-order valence-corrected chi connectivity index (χ0v) is 40.7. The maximum Gasteiger partial charge on any atom is 0.488 e. The van der Waals surface area contributed by atoms with Gasteiger partial charge in [-0.25, -0.2) is 19.9 Å². The summed E-state index contributed by atoms with van der Waals surface area (Å²) in [6.45, 7) is 0. The van der Waals surface area contributed by atoms with E-state index in [1.807, 2.05) is 54.6 Å². The first kappa shape index (κ1) is 46.8. The number of halogens is 2. The quantitative estimate of drug-likeness (QED) is 0.0980. The van der Waals surface area contributed by atoms with E-state index in [2.05, 4.69) is 192 Å². The van der Waals surface area contributed by atoms with Gasteiger partial charge in [-0.1, -0.05) is 224 Å². The third-order valence-corrected chi connectivity index (χ3v) is 13.3. The Morgan fingerprint density at radius 3 is 1.15 bits per heavy atom. The number of hydrogen-bond acceptors (Lipinski definition) is 6. The predicted molar refractivity (Wildman–Crippen MR) is 305 cm³/mol. The standard InChI is InChI=1S/C40H26N2.C16H13BO2.C8H4Cl2N2/c1-3-9-33-25-35(23-17-27(33)7-1)29-13-19-31(20-14-29)39-37-11-5-6-12-38(37)41-40(42-39)32-21-15-30(16-22-32)36-24-18-28-8-2-4-10-34(28)26-36;18-17(19)16-9-7-13(8-10-16)15-6-5-12-3-1-2-4-14(12)11-15;9-7-5-3-1-2-4-6(5)11-8(10)12-7/h1-26H;1-11,18-19H;1-4H. The highest BCUT2D eigenvalue weighted by Gasteiger charge is 2.14. The summed E-state index contributed by atoms with van der Waals surface area (Å²) in [5.74, 6) is 0.729. The molecule has 0 fully saturated rings. The maximum atomic E-state index is 9.08. The zero-order valence-electron chi connectivity index (χ0n) is 39.2. The molecule has 0 saturated carbocycles. The molecular weight excluding hydrogens is 938 g/mol. The normalized spacial score (nSPS) is 11.0. The zero-order chi connectivity index (χ0) is 49.7. The van der Waals surface area contributed by atoms with Crippen molar-refractivity contribution >= 4 is 89.9 Å². The molecule has 2 heterocycles. The van der Waals surface area contributed by atoms with Crippen LogP contribution < -0.4 is 5.46 Å². The van der Waals surface area contributed by atoms with Crippen LogP contribution in [0.25, 0.3) is 110 Å². The van der Waals surface area contributed by atoms with Gasteiger partial charge >= 0.3 is 7.12 Å². The Bertz CT molecular complexity index is 4100. The fraction of sp³-hybridized carbons (Fsp3) is 0. The van der Waals surface area contributed by atoms with Crippen LogP contribution in [0.3, 0.4) is 0 Å². The number of aromatic nitrogens is 4. The molecule has 6 nitrogen and oxygen atoms in total.